The number of halogens is 1. The van der Waals surface area contributed by atoms with Crippen molar-refractivity contribution in [2.75, 3.05) is 13.6 Å². The van der Waals surface area contributed by atoms with Crippen LogP contribution >= 0.6 is 11.6 Å². The number of hydrogen-bond acceptors (Lipinski definition) is 3. The second-order valence-electron chi connectivity index (χ2n) is 6.42. The number of aryl methyl sites for hydroxylation is 1. The van der Waals surface area contributed by atoms with E-state index in [1.54, 1.807) is 11.1 Å². The molecule has 1 fully saturated rings. The van der Waals surface area contributed by atoms with E-state index in [2.05, 4.69) is 4.98 Å². The predicted octanol–water partition coefficient (Wildman–Crippen LogP) is 4.18. The average molecular weight is 356 g/mol. The Morgan fingerprint density at radius 2 is 2.04 bits per heavy atom. The molecule has 1 aliphatic heterocycles. The zero-order valence-electron chi connectivity index (χ0n) is 14.1. The molecule has 3 aromatic rings. The number of hydrogen-bond donors (Lipinski definition) is 0. The third-order valence-electron chi connectivity index (χ3n) is 4.67. The molecular weight excluding hydrogens is 338 g/mol. The van der Waals surface area contributed by atoms with Gasteiger partial charge in [-0.25, -0.2) is 4.98 Å². The summed E-state index contributed by atoms with van der Waals surface area (Å²) in [4.78, 5) is 18.0. The number of likely N-dealkylation sites (tertiary alicyclic amines) is 1. The minimum atomic E-state index is 0.0809. The molecule has 2 aromatic heterocycles. The zero-order valence-corrected chi connectivity index (χ0v) is 14.8. The molecule has 128 valence electrons. The Morgan fingerprint density at radius 1 is 1.24 bits per heavy atom. The first-order valence-electron chi connectivity index (χ1n) is 8.16. The molecule has 0 spiro atoms. The van der Waals surface area contributed by atoms with Crippen molar-refractivity contribution in [3.05, 3.63) is 53.3 Å². The van der Waals surface area contributed by atoms with Gasteiger partial charge in [0.1, 0.15) is 5.76 Å². The van der Waals surface area contributed by atoms with E-state index < -0.39 is 0 Å². The first kappa shape index (κ1) is 16.0. The van der Waals surface area contributed by atoms with Crippen molar-refractivity contribution < 1.29 is 9.21 Å². The number of nitrogens with zero attached hydrogens (tertiary/aromatic N) is 3. The first-order valence-corrected chi connectivity index (χ1v) is 8.54. The fourth-order valence-electron chi connectivity index (χ4n) is 3.18. The van der Waals surface area contributed by atoms with Crippen LogP contribution in [-0.2, 0) is 4.79 Å². The molecule has 0 radical (unpaired) electrons. The summed E-state index contributed by atoms with van der Waals surface area (Å²) in [6.07, 6.45) is 4.13. The number of amides is 1. The lowest BCUT2D eigenvalue weighted by atomic mass is 10.1. The number of imidazole rings is 1. The molecule has 0 aliphatic carbocycles. The molecule has 25 heavy (non-hydrogen) atoms. The molecule has 1 aromatic carbocycles. The Labute approximate surface area is 150 Å². The van der Waals surface area contributed by atoms with Crippen LogP contribution in [0.5, 0.6) is 0 Å². The van der Waals surface area contributed by atoms with Gasteiger partial charge in [-0.2, -0.15) is 0 Å². The Hall–Kier alpha value is -2.53. The van der Waals surface area contributed by atoms with Crippen molar-refractivity contribution in [2.24, 2.45) is 0 Å². The van der Waals surface area contributed by atoms with Gasteiger partial charge in [0.05, 0.1) is 6.04 Å². The van der Waals surface area contributed by atoms with Gasteiger partial charge in [-0.3, -0.25) is 4.79 Å². The van der Waals surface area contributed by atoms with Crippen molar-refractivity contribution in [2.45, 2.75) is 19.4 Å². The van der Waals surface area contributed by atoms with Crippen LogP contribution < -0.4 is 0 Å². The number of aromatic nitrogens is 2. The maximum absolute atomic E-state index is 11.8. The minimum absolute atomic E-state index is 0.0809. The molecule has 1 unspecified atom stereocenters. The highest BCUT2D eigenvalue weighted by atomic mass is 35.5. The highest BCUT2D eigenvalue weighted by molar-refractivity contribution is 6.31. The number of carbonyl (C=O) groups is 1. The maximum atomic E-state index is 11.8. The maximum Gasteiger partial charge on any atom is 0.224 e. The summed E-state index contributed by atoms with van der Waals surface area (Å²) in [6.45, 7) is 2.65. The number of likely N-dealkylation sites (N-methyl/N-ethyl adjacent to an activating group) is 1. The molecule has 1 amide bonds. The molecular formula is C19H18ClN3O2. The van der Waals surface area contributed by atoms with Gasteiger partial charge >= 0.3 is 0 Å². The molecule has 6 heteroatoms. The van der Waals surface area contributed by atoms with Crippen LogP contribution in [-0.4, -0.2) is 34.0 Å². The van der Waals surface area contributed by atoms with E-state index in [0.29, 0.717) is 23.7 Å². The molecule has 1 aliphatic rings. The predicted molar refractivity (Wildman–Crippen MR) is 96.4 cm³/mol. The van der Waals surface area contributed by atoms with E-state index in [0.717, 1.165) is 22.7 Å². The standard InChI is InChI=1S/C19H18ClN3O2/c1-12-3-4-13(9-15(12)20)16-5-6-17(25-16)19-21-7-8-23(19)14-10-18(24)22(2)11-14/h3-9,14H,10-11H2,1-2H3. The molecule has 0 saturated carbocycles. The Bertz CT molecular complexity index is 944. The van der Waals surface area contributed by atoms with Crippen molar-refractivity contribution >= 4 is 17.5 Å². The molecule has 3 heterocycles. The molecule has 1 saturated heterocycles. The second kappa shape index (κ2) is 6.08. The number of furan rings is 1. The van der Waals surface area contributed by atoms with Crippen LogP contribution in [0.4, 0.5) is 0 Å². The summed E-state index contributed by atoms with van der Waals surface area (Å²) < 4.78 is 8.04. The van der Waals surface area contributed by atoms with Crippen molar-refractivity contribution in [1.82, 2.24) is 14.5 Å². The van der Waals surface area contributed by atoms with Crippen LogP contribution in [0.25, 0.3) is 22.9 Å². The van der Waals surface area contributed by atoms with Gasteiger partial charge in [-0.1, -0.05) is 23.7 Å². The zero-order chi connectivity index (χ0) is 17.6. The summed E-state index contributed by atoms with van der Waals surface area (Å²) in [6, 6.07) is 9.76. The van der Waals surface area contributed by atoms with E-state index in [9.17, 15) is 4.79 Å². The minimum Gasteiger partial charge on any atom is -0.453 e. The quantitative estimate of drug-likeness (QED) is 0.708. The van der Waals surface area contributed by atoms with Gasteiger partial charge in [-0.05, 0) is 30.7 Å². The lowest BCUT2D eigenvalue weighted by molar-refractivity contribution is -0.126. The monoisotopic (exact) mass is 355 g/mol. The van der Waals surface area contributed by atoms with Gasteiger partial charge in [0.15, 0.2) is 11.6 Å². The first-order chi connectivity index (χ1) is 12.0. The highest BCUT2D eigenvalue weighted by Crippen LogP contribution is 2.32. The largest absolute Gasteiger partial charge is 0.453 e. The van der Waals surface area contributed by atoms with Crippen LogP contribution in [0.2, 0.25) is 5.02 Å². The summed E-state index contributed by atoms with van der Waals surface area (Å²) in [5.74, 6) is 2.31. The van der Waals surface area contributed by atoms with Crippen LogP contribution in [0, 0.1) is 6.92 Å². The SMILES string of the molecule is Cc1ccc(-c2ccc(-c3nccn3C3CC(=O)N(C)C3)o2)cc1Cl. The van der Waals surface area contributed by atoms with Gasteiger partial charge in [0, 0.05) is 43.0 Å². The van der Waals surface area contributed by atoms with Crippen LogP contribution in [0.3, 0.4) is 0 Å². The summed E-state index contributed by atoms with van der Waals surface area (Å²) in [5, 5.41) is 0.712. The van der Waals surface area contributed by atoms with E-state index >= 15 is 0 Å². The number of benzene rings is 1. The molecule has 1 atom stereocenters. The molecule has 0 N–H and O–H groups in total. The highest BCUT2D eigenvalue weighted by Gasteiger charge is 2.30. The number of carbonyl (C=O) groups excluding carboxylic acids is 1. The molecule has 0 bridgehead atoms. The van der Waals surface area contributed by atoms with E-state index in [-0.39, 0.29) is 11.9 Å². The summed E-state index contributed by atoms with van der Waals surface area (Å²) in [5.41, 5.74) is 1.96. The molecule has 4 rings (SSSR count). The van der Waals surface area contributed by atoms with Crippen molar-refractivity contribution in [3.8, 4) is 22.9 Å². The third kappa shape index (κ3) is 2.85. The average Bonchev–Trinajstić information content (AvgIpc) is 3.30. The fourth-order valence-corrected chi connectivity index (χ4v) is 3.36. The summed E-state index contributed by atoms with van der Waals surface area (Å²) in [7, 11) is 1.82. The van der Waals surface area contributed by atoms with Gasteiger partial charge in [0.25, 0.3) is 0 Å². The summed E-state index contributed by atoms with van der Waals surface area (Å²) >= 11 is 6.21. The smallest absolute Gasteiger partial charge is 0.224 e. The Kier molecular flexibility index (Phi) is 3.88. The van der Waals surface area contributed by atoms with Crippen LogP contribution in [0.15, 0.2) is 47.1 Å². The van der Waals surface area contributed by atoms with Gasteiger partial charge in [-0.15, -0.1) is 0 Å². The van der Waals surface area contributed by atoms with Crippen LogP contribution in [0.1, 0.15) is 18.0 Å². The topological polar surface area (TPSA) is 51.3 Å². The fraction of sp³-hybridized carbons (Fsp3) is 0.263. The van der Waals surface area contributed by atoms with Crippen molar-refractivity contribution in [3.63, 3.8) is 0 Å². The molecule has 5 nitrogen and oxygen atoms in total. The lowest BCUT2D eigenvalue weighted by Gasteiger charge is -2.13. The normalized spacial score (nSPS) is 17.5. The van der Waals surface area contributed by atoms with E-state index in [1.807, 2.05) is 55.1 Å². The van der Waals surface area contributed by atoms with Crippen molar-refractivity contribution in [1.29, 1.82) is 0 Å². The van der Waals surface area contributed by atoms with E-state index in [1.165, 1.54) is 0 Å². The van der Waals surface area contributed by atoms with Gasteiger partial charge < -0.3 is 13.9 Å². The Morgan fingerprint density at radius 3 is 2.76 bits per heavy atom. The Balaban J connectivity index is 1.66. The number of rotatable bonds is 3. The third-order valence-corrected chi connectivity index (χ3v) is 5.07. The lowest BCUT2D eigenvalue weighted by Crippen LogP contribution is -2.19. The van der Waals surface area contributed by atoms with E-state index in [4.69, 9.17) is 16.0 Å². The van der Waals surface area contributed by atoms with Gasteiger partial charge in [0.2, 0.25) is 5.91 Å². The second-order valence-corrected chi connectivity index (χ2v) is 6.83.